The van der Waals surface area contributed by atoms with E-state index in [4.69, 9.17) is 4.74 Å². The summed E-state index contributed by atoms with van der Waals surface area (Å²) < 4.78 is 10.1. The molecule has 3 rings (SSSR count). The van der Waals surface area contributed by atoms with Gasteiger partial charge in [-0.2, -0.15) is 0 Å². The second kappa shape index (κ2) is 4.24. The molecule has 0 aliphatic carbocycles. The molecule has 0 radical (unpaired) electrons. The SMILES string of the molecule is Cc1nonc1CN1CCC2(CC1)CNC(=O)O2. The number of ether oxygens (including phenoxy) is 1. The Morgan fingerprint density at radius 1 is 1.39 bits per heavy atom. The molecular formula is C11H16N4O3. The third kappa shape index (κ3) is 2.05. The average molecular weight is 252 g/mol. The fraction of sp³-hybridized carbons (Fsp3) is 0.727. The van der Waals surface area contributed by atoms with Crippen LogP contribution in [0, 0.1) is 6.92 Å². The van der Waals surface area contributed by atoms with Crippen molar-refractivity contribution in [1.29, 1.82) is 0 Å². The van der Waals surface area contributed by atoms with Gasteiger partial charge in [-0.05, 0) is 6.92 Å². The number of nitrogens with zero attached hydrogens (tertiary/aromatic N) is 3. The van der Waals surface area contributed by atoms with E-state index in [1.165, 1.54) is 0 Å². The molecule has 1 spiro atoms. The van der Waals surface area contributed by atoms with Gasteiger partial charge in [0.2, 0.25) is 0 Å². The van der Waals surface area contributed by atoms with Crippen LogP contribution in [0.3, 0.4) is 0 Å². The Kier molecular flexibility index (Phi) is 2.70. The van der Waals surface area contributed by atoms with Crippen molar-refractivity contribution in [2.24, 2.45) is 0 Å². The largest absolute Gasteiger partial charge is 0.441 e. The molecule has 2 aliphatic heterocycles. The number of hydrogen-bond acceptors (Lipinski definition) is 6. The molecule has 2 aliphatic rings. The highest BCUT2D eigenvalue weighted by Crippen LogP contribution is 2.29. The van der Waals surface area contributed by atoms with E-state index in [1.807, 2.05) is 6.92 Å². The predicted octanol–water partition coefficient (Wildman–Crippen LogP) is 0.452. The minimum atomic E-state index is -0.292. The van der Waals surface area contributed by atoms with Crippen LogP contribution >= 0.6 is 0 Å². The third-order valence-electron chi connectivity index (χ3n) is 3.75. The Morgan fingerprint density at radius 2 is 2.17 bits per heavy atom. The maximum atomic E-state index is 11.1. The first-order valence-electron chi connectivity index (χ1n) is 6.14. The maximum Gasteiger partial charge on any atom is 0.407 e. The molecule has 98 valence electrons. The lowest BCUT2D eigenvalue weighted by atomic mass is 9.91. The summed E-state index contributed by atoms with van der Waals surface area (Å²) in [6, 6.07) is 0. The van der Waals surface area contributed by atoms with Gasteiger partial charge in [-0.15, -0.1) is 0 Å². The lowest BCUT2D eigenvalue weighted by Crippen LogP contribution is -2.46. The highest BCUT2D eigenvalue weighted by molar-refractivity contribution is 5.70. The molecule has 0 saturated carbocycles. The van der Waals surface area contributed by atoms with Crippen molar-refractivity contribution in [3.63, 3.8) is 0 Å². The first-order chi connectivity index (χ1) is 8.67. The Hall–Kier alpha value is -1.63. The van der Waals surface area contributed by atoms with Crippen molar-refractivity contribution >= 4 is 6.09 Å². The summed E-state index contributed by atoms with van der Waals surface area (Å²) in [5.74, 6) is 0. The molecule has 3 heterocycles. The summed E-state index contributed by atoms with van der Waals surface area (Å²) in [4.78, 5) is 13.4. The molecule has 0 aromatic carbocycles. The molecule has 0 bridgehead atoms. The Morgan fingerprint density at radius 3 is 2.72 bits per heavy atom. The number of piperidine rings is 1. The molecule has 1 aromatic rings. The number of hydrogen-bond donors (Lipinski definition) is 1. The first-order valence-corrected chi connectivity index (χ1v) is 6.14. The monoisotopic (exact) mass is 252 g/mol. The van der Waals surface area contributed by atoms with Crippen LogP contribution in [-0.4, -0.2) is 46.5 Å². The minimum Gasteiger partial charge on any atom is -0.441 e. The number of alkyl carbamates (subject to hydrolysis) is 1. The number of likely N-dealkylation sites (tertiary alicyclic amines) is 1. The predicted molar refractivity (Wildman–Crippen MR) is 60.8 cm³/mol. The van der Waals surface area contributed by atoms with Gasteiger partial charge in [0.05, 0.1) is 6.54 Å². The number of aromatic nitrogens is 2. The van der Waals surface area contributed by atoms with Crippen molar-refractivity contribution in [3.8, 4) is 0 Å². The van der Waals surface area contributed by atoms with Crippen LogP contribution in [0.2, 0.25) is 0 Å². The zero-order valence-electron chi connectivity index (χ0n) is 10.3. The molecular weight excluding hydrogens is 236 g/mol. The second-order valence-corrected chi connectivity index (χ2v) is 5.00. The summed E-state index contributed by atoms with van der Waals surface area (Å²) in [5, 5.41) is 10.4. The van der Waals surface area contributed by atoms with Crippen molar-refractivity contribution in [3.05, 3.63) is 11.4 Å². The number of amides is 1. The summed E-state index contributed by atoms with van der Waals surface area (Å²) in [6.45, 7) is 5.04. The van der Waals surface area contributed by atoms with Crippen LogP contribution in [0.1, 0.15) is 24.2 Å². The molecule has 18 heavy (non-hydrogen) atoms. The molecule has 1 amide bonds. The van der Waals surface area contributed by atoms with Gasteiger partial charge in [0.1, 0.15) is 17.0 Å². The highest BCUT2D eigenvalue weighted by atomic mass is 16.6. The van der Waals surface area contributed by atoms with Crippen molar-refractivity contribution < 1.29 is 14.2 Å². The highest BCUT2D eigenvalue weighted by Gasteiger charge is 2.42. The molecule has 0 unspecified atom stereocenters. The number of nitrogens with one attached hydrogen (secondary N) is 1. The summed E-state index contributed by atoms with van der Waals surface area (Å²) in [6.07, 6.45) is 1.42. The van der Waals surface area contributed by atoms with Gasteiger partial charge < -0.3 is 10.1 Å². The zero-order chi connectivity index (χ0) is 12.6. The normalized spacial score (nSPS) is 23.1. The fourth-order valence-corrected chi connectivity index (χ4v) is 2.50. The zero-order valence-corrected chi connectivity index (χ0v) is 10.3. The van der Waals surface area contributed by atoms with E-state index in [0.717, 1.165) is 43.9 Å². The summed E-state index contributed by atoms with van der Waals surface area (Å²) in [7, 11) is 0. The molecule has 2 saturated heterocycles. The summed E-state index contributed by atoms with van der Waals surface area (Å²) in [5.41, 5.74) is 1.43. The molecule has 0 atom stereocenters. The van der Waals surface area contributed by atoms with E-state index in [-0.39, 0.29) is 11.7 Å². The smallest absolute Gasteiger partial charge is 0.407 e. The molecule has 1 aromatic heterocycles. The van der Waals surface area contributed by atoms with E-state index in [1.54, 1.807) is 0 Å². The van der Waals surface area contributed by atoms with E-state index in [0.29, 0.717) is 6.54 Å². The number of aryl methyl sites for hydroxylation is 1. The van der Waals surface area contributed by atoms with Crippen LogP contribution < -0.4 is 5.32 Å². The standard InChI is InChI=1S/C11H16N4O3/c1-8-9(14-18-13-8)6-15-4-2-11(3-5-15)7-12-10(16)17-11/h2-7H2,1H3,(H,12,16). The van der Waals surface area contributed by atoms with Crippen molar-refractivity contribution in [1.82, 2.24) is 20.5 Å². The van der Waals surface area contributed by atoms with Crippen LogP contribution in [0.25, 0.3) is 0 Å². The first kappa shape index (κ1) is 11.5. The Labute approximate surface area is 104 Å². The van der Waals surface area contributed by atoms with Gasteiger partial charge >= 0.3 is 6.09 Å². The van der Waals surface area contributed by atoms with Crippen LogP contribution in [0.5, 0.6) is 0 Å². The third-order valence-corrected chi connectivity index (χ3v) is 3.75. The van der Waals surface area contributed by atoms with Crippen LogP contribution in [-0.2, 0) is 11.3 Å². The number of carbonyl (C=O) groups is 1. The van der Waals surface area contributed by atoms with E-state index in [2.05, 4.69) is 25.2 Å². The molecule has 7 heteroatoms. The van der Waals surface area contributed by atoms with E-state index >= 15 is 0 Å². The maximum absolute atomic E-state index is 11.1. The lowest BCUT2D eigenvalue weighted by molar-refractivity contribution is -0.00147. The van der Waals surface area contributed by atoms with E-state index in [9.17, 15) is 4.79 Å². The Balaban J connectivity index is 1.57. The number of rotatable bonds is 2. The van der Waals surface area contributed by atoms with Crippen LogP contribution in [0.4, 0.5) is 4.79 Å². The van der Waals surface area contributed by atoms with Gasteiger partial charge in [0, 0.05) is 32.5 Å². The topological polar surface area (TPSA) is 80.5 Å². The van der Waals surface area contributed by atoms with E-state index < -0.39 is 0 Å². The van der Waals surface area contributed by atoms with Gasteiger partial charge in [-0.25, -0.2) is 9.42 Å². The quantitative estimate of drug-likeness (QED) is 0.823. The van der Waals surface area contributed by atoms with Gasteiger partial charge in [-0.1, -0.05) is 10.3 Å². The molecule has 7 nitrogen and oxygen atoms in total. The van der Waals surface area contributed by atoms with Gasteiger partial charge in [0.25, 0.3) is 0 Å². The van der Waals surface area contributed by atoms with Crippen molar-refractivity contribution in [2.75, 3.05) is 19.6 Å². The average Bonchev–Trinajstić information content (AvgIpc) is 2.91. The van der Waals surface area contributed by atoms with Crippen molar-refractivity contribution in [2.45, 2.75) is 31.9 Å². The van der Waals surface area contributed by atoms with Crippen LogP contribution in [0.15, 0.2) is 4.63 Å². The van der Waals surface area contributed by atoms with Gasteiger partial charge in [0.15, 0.2) is 0 Å². The molecule has 1 N–H and O–H groups in total. The Bertz CT molecular complexity index is 451. The fourth-order valence-electron chi connectivity index (χ4n) is 2.50. The lowest BCUT2D eigenvalue weighted by Gasteiger charge is -2.36. The second-order valence-electron chi connectivity index (χ2n) is 5.00. The van der Waals surface area contributed by atoms with Gasteiger partial charge in [-0.3, -0.25) is 4.90 Å². The minimum absolute atomic E-state index is 0.287. The number of carbonyl (C=O) groups excluding carboxylic acids is 1. The molecule has 2 fully saturated rings. The summed E-state index contributed by atoms with van der Waals surface area (Å²) >= 11 is 0.